The van der Waals surface area contributed by atoms with E-state index in [4.69, 9.17) is 5.73 Å². The molecular weight excluding hydrogens is 244 g/mol. The molecule has 0 saturated carbocycles. The Morgan fingerprint density at radius 1 is 1.17 bits per heavy atom. The number of aryl methyl sites for hydroxylation is 2. The average Bonchev–Trinajstić information content (AvgIpc) is 2.76. The lowest BCUT2D eigenvalue weighted by Gasteiger charge is -2.12. The normalized spacial score (nSPS) is 10.4. The van der Waals surface area contributed by atoms with Gasteiger partial charge in [0.1, 0.15) is 0 Å². The Morgan fingerprint density at radius 3 is 2.50 bits per heavy atom. The zero-order valence-electron chi connectivity index (χ0n) is 10.7. The second-order valence-corrected chi connectivity index (χ2v) is 5.62. The molecule has 1 aromatic carbocycles. The van der Waals surface area contributed by atoms with Gasteiger partial charge in [-0.1, -0.05) is 6.07 Å². The summed E-state index contributed by atoms with van der Waals surface area (Å²) in [7, 11) is 0. The Balaban J connectivity index is 2.30. The van der Waals surface area contributed by atoms with E-state index < -0.39 is 0 Å². The first-order valence-corrected chi connectivity index (χ1v) is 6.54. The van der Waals surface area contributed by atoms with Gasteiger partial charge in [0, 0.05) is 16.3 Å². The quantitative estimate of drug-likeness (QED) is 0.812. The highest BCUT2D eigenvalue weighted by atomic mass is 32.1. The van der Waals surface area contributed by atoms with E-state index in [0.717, 1.165) is 21.7 Å². The molecule has 0 aliphatic heterocycles. The number of rotatable bonds is 2. The van der Waals surface area contributed by atoms with Crippen molar-refractivity contribution in [3.63, 3.8) is 0 Å². The molecule has 0 unspecified atom stereocenters. The predicted octanol–water partition coefficient (Wildman–Crippen LogP) is 3.51. The highest BCUT2D eigenvalue weighted by molar-refractivity contribution is 7.14. The summed E-state index contributed by atoms with van der Waals surface area (Å²) in [6, 6.07) is 7.55. The molecule has 0 saturated heterocycles. The number of hydrogen-bond donors (Lipinski definition) is 2. The average molecular weight is 260 g/mol. The number of benzene rings is 1. The van der Waals surface area contributed by atoms with Gasteiger partial charge >= 0.3 is 0 Å². The van der Waals surface area contributed by atoms with Gasteiger partial charge < -0.3 is 11.1 Å². The lowest BCUT2D eigenvalue weighted by molar-refractivity contribution is 0.103. The van der Waals surface area contributed by atoms with E-state index in [1.807, 2.05) is 45.0 Å². The van der Waals surface area contributed by atoms with Gasteiger partial charge in [0.15, 0.2) is 0 Å². The molecule has 0 radical (unpaired) electrons. The monoisotopic (exact) mass is 260 g/mol. The summed E-state index contributed by atoms with van der Waals surface area (Å²) in [6.45, 7) is 5.86. The smallest absolute Gasteiger partial charge is 0.265 e. The maximum atomic E-state index is 12.1. The number of carbonyl (C=O) groups excluding carboxylic acids is 1. The summed E-state index contributed by atoms with van der Waals surface area (Å²) < 4.78 is 0. The third-order valence-corrected chi connectivity index (χ3v) is 3.92. The molecule has 0 aliphatic rings. The second kappa shape index (κ2) is 4.82. The van der Waals surface area contributed by atoms with E-state index in [2.05, 4.69) is 5.32 Å². The highest BCUT2D eigenvalue weighted by Crippen LogP contribution is 2.26. The van der Waals surface area contributed by atoms with Crippen molar-refractivity contribution in [1.29, 1.82) is 0 Å². The predicted molar refractivity (Wildman–Crippen MR) is 77.3 cm³/mol. The molecule has 0 fully saturated rings. The van der Waals surface area contributed by atoms with Crippen LogP contribution in [0, 0.1) is 20.8 Å². The van der Waals surface area contributed by atoms with Crippen LogP contribution in [0.2, 0.25) is 0 Å². The summed E-state index contributed by atoms with van der Waals surface area (Å²) in [5.74, 6) is -0.0788. The summed E-state index contributed by atoms with van der Waals surface area (Å²) in [4.78, 5) is 13.9. The summed E-state index contributed by atoms with van der Waals surface area (Å²) >= 11 is 1.49. The summed E-state index contributed by atoms with van der Waals surface area (Å²) in [5, 5.41) is 2.94. The van der Waals surface area contributed by atoms with Crippen LogP contribution < -0.4 is 11.1 Å². The molecule has 3 nitrogen and oxygen atoms in total. The van der Waals surface area contributed by atoms with Crippen molar-refractivity contribution in [2.24, 2.45) is 0 Å². The van der Waals surface area contributed by atoms with E-state index >= 15 is 0 Å². The van der Waals surface area contributed by atoms with Crippen molar-refractivity contribution in [3.05, 3.63) is 45.1 Å². The summed E-state index contributed by atoms with van der Waals surface area (Å²) in [5.41, 5.74) is 9.29. The Kier molecular flexibility index (Phi) is 3.39. The van der Waals surface area contributed by atoms with Crippen molar-refractivity contribution in [2.45, 2.75) is 20.8 Å². The maximum absolute atomic E-state index is 12.1. The van der Waals surface area contributed by atoms with Crippen molar-refractivity contribution < 1.29 is 4.79 Å². The molecule has 0 aliphatic carbocycles. The van der Waals surface area contributed by atoms with Gasteiger partial charge in [0.05, 0.1) is 4.88 Å². The topological polar surface area (TPSA) is 55.1 Å². The van der Waals surface area contributed by atoms with Crippen LogP contribution in [-0.2, 0) is 0 Å². The second-order valence-electron chi connectivity index (χ2n) is 4.34. The van der Waals surface area contributed by atoms with Gasteiger partial charge in [0.25, 0.3) is 5.91 Å². The highest BCUT2D eigenvalue weighted by Gasteiger charge is 2.12. The Morgan fingerprint density at radius 2 is 1.89 bits per heavy atom. The van der Waals surface area contributed by atoms with Crippen molar-refractivity contribution in [1.82, 2.24) is 0 Å². The van der Waals surface area contributed by atoms with Gasteiger partial charge in [-0.2, -0.15) is 0 Å². The first kappa shape index (κ1) is 12.6. The van der Waals surface area contributed by atoms with Crippen LogP contribution in [0.4, 0.5) is 11.4 Å². The minimum atomic E-state index is -0.0788. The molecule has 1 heterocycles. The fraction of sp³-hybridized carbons (Fsp3) is 0.214. The third kappa shape index (κ3) is 2.38. The van der Waals surface area contributed by atoms with Crippen LogP contribution in [0.25, 0.3) is 0 Å². The standard InChI is InChI=1S/C14H16N2OS/c1-8-4-6-11(15)10(3)13(8)16-14(17)12-7-5-9(2)18-12/h4-7H,15H2,1-3H3,(H,16,17). The van der Waals surface area contributed by atoms with Crippen LogP contribution in [0.3, 0.4) is 0 Å². The fourth-order valence-electron chi connectivity index (χ4n) is 1.79. The number of hydrogen-bond acceptors (Lipinski definition) is 3. The van der Waals surface area contributed by atoms with E-state index in [1.54, 1.807) is 0 Å². The van der Waals surface area contributed by atoms with Crippen molar-refractivity contribution >= 4 is 28.6 Å². The van der Waals surface area contributed by atoms with Crippen molar-refractivity contribution in [2.75, 3.05) is 11.1 Å². The molecule has 0 spiro atoms. The van der Waals surface area contributed by atoms with E-state index in [-0.39, 0.29) is 5.91 Å². The molecule has 2 rings (SSSR count). The van der Waals surface area contributed by atoms with E-state index in [1.165, 1.54) is 11.3 Å². The van der Waals surface area contributed by atoms with E-state index in [9.17, 15) is 4.79 Å². The molecule has 0 bridgehead atoms. The maximum Gasteiger partial charge on any atom is 0.265 e. The molecule has 4 heteroatoms. The molecule has 1 aromatic heterocycles. The number of anilines is 2. The number of nitrogens with one attached hydrogen (secondary N) is 1. The SMILES string of the molecule is Cc1ccc(C(=O)Nc2c(C)ccc(N)c2C)s1. The molecule has 94 valence electrons. The fourth-order valence-corrected chi connectivity index (χ4v) is 2.55. The Hall–Kier alpha value is -1.81. The Bertz CT molecular complexity index is 602. The molecule has 2 aromatic rings. The number of nitrogen functional groups attached to an aromatic ring is 1. The van der Waals surface area contributed by atoms with Gasteiger partial charge in [-0.15, -0.1) is 11.3 Å². The lowest BCUT2D eigenvalue weighted by atomic mass is 10.1. The Labute approximate surface area is 111 Å². The van der Waals surface area contributed by atoms with Crippen molar-refractivity contribution in [3.8, 4) is 0 Å². The molecular formula is C14H16N2OS. The molecule has 3 N–H and O–H groups in total. The minimum Gasteiger partial charge on any atom is -0.398 e. The largest absolute Gasteiger partial charge is 0.398 e. The number of amides is 1. The van der Waals surface area contributed by atoms with Gasteiger partial charge in [-0.25, -0.2) is 0 Å². The first-order valence-electron chi connectivity index (χ1n) is 5.72. The first-order chi connectivity index (χ1) is 8.49. The minimum absolute atomic E-state index is 0.0788. The van der Waals surface area contributed by atoms with E-state index in [0.29, 0.717) is 10.6 Å². The summed E-state index contributed by atoms with van der Waals surface area (Å²) in [6.07, 6.45) is 0. The van der Waals surface area contributed by atoms with Crippen LogP contribution in [0.1, 0.15) is 25.7 Å². The van der Waals surface area contributed by atoms with Crippen LogP contribution in [0.15, 0.2) is 24.3 Å². The zero-order valence-corrected chi connectivity index (χ0v) is 11.5. The van der Waals surface area contributed by atoms with Gasteiger partial charge in [0.2, 0.25) is 0 Å². The van der Waals surface area contributed by atoms with Crippen LogP contribution >= 0.6 is 11.3 Å². The zero-order chi connectivity index (χ0) is 13.3. The van der Waals surface area contributed by atoms with Crippen LogP contribution in [-0.4, -0.2) is 5.91 Å². The lowest BCUT2D eigenvalue weighted by Crippen LogP contribution is -2.13. The van der Waals surface area contributed by atoms with Gasteiger partial charge in [-0.3, -0.25) is 4.79 Å². The molecule has 0 atom stereocenters. The molecule has 1 amide bonds. The van der Waals surface area contributed by atoms with Crippen LogP contribution in [0.5, 0.6) is 0 Å². The number of carbonyl (C=O) groups is 1. The third-order valence-electron chi connectivity index (χ3n) is 2.92. The number of nitrogens with two attached hydrogens (primary N) is 1. The molecule has 18 heavy (non-hydrogen) atoms. The van der Waals surface area contributed by atoms with Gasteiger partial charge in [-0.05, 0) is 50.1 Å². The number of thiophene rings is 1.